The molecule has 0 saturated carbocycles. The van der Waals surface area contributed by atoms with Crippen LogP contribution in [0.1, 0.15) is 42.7 Å². The van der Waals surface area contributed by atoms with Gasteiger partial charge in [-0.2, -0.15) is 0 Å². The van der Waals surface area contributed by atoms with Crippen molar-refractivity contribution in [1.29, 1.82) is 0 Å². The summed E-state index contributed by atoms with van der Waals surface area (Å²) < 4.78 is 25.7. The van der Waals surface area contributed by atoms with Crippen LogP contribution in [0, 0.1) is 5.82 Å². The number of methoxy groups -OCH3 is 2. The molecule has 1 aliphatic heterocycles. The van der Waals surface area contributed by atoms with Crippen LogP contribution < -0.4 is 20.1 Å². The Labute approximate surface area is 221 Å². The van der Waals surface area contributed by atoms with Crippen LogP contribution in [0.15, 0.2) is 95.3 Å². The molecule has 194 valence electrons. The van der Waals surface area contributed by atoms with Gasteiger partial charge < -0.3 is 20.1 Å². The zero-order chi connectivity index (χ0) is 26.8. The quantitative estimate of drug-likeness (QED) is 0.434. The van der Waals surface area contributed by atoms with E-state index in [4.69, 9.17) is 9.47 Å². The van der Waals surface area contributed by atoms with Gasteiger partial charge in [-0.3, -0.25) is 9.59 Å². The van der Waals surface area contributed by atoms with Crippen molar-refractivity contribution in [2.24, 2.45) is 0 Å². The van der Waals surface area contributed by atoms with Crippen molar-refractivity contribution in [3.63, 3.8) is 0 Å². The molecule has 2 N–H and O–H groups in total. The van der Waals surface area contributed by atoms with Crippen molar-refractivity contribution >= 4 is 17.4 Å². The first-order valence-corrected chi connectivity index (χ1v) is 12.5. The number of rotatable bonds is 6. The second-order valence-electron chi connectivity index (χ2n) is 9.44. The Kier molecular flexibility index (Phi) is 7.01. The minimum absolute atomic E-state index is 0.0180. The number of Topliss-reactive ketones (excluding diaryl/α,β-unsaturated/α-hetero) is 1. The molecule has 0 fully saturated rings. The van der Waals surface area contributed by atoms with Crippen molar-refractivity contribution in [1.82, 2.24) is 5.32 Å². The highest BCUT2D eigenvalue weighted by molar-refractivity contribution is 6.10. The number of halogens is 1. The molecule has 0 radical (unpaired) electrons. The monoisotopic (exact) mass is 512 g/mol. The molecule has 0 unspecified atom stereocenters. The van der Waals surface area contributed by atoms with Crippen molar-refractivity contribution in [3.8, 4) is 11.5 Å². The molecule has 0 aromatic heterocycles. The first-order chi connectivity index (χ1) is 18.4. The molecule has 1 heterocycles. The van der Waals surface area contributed by atoms with Gasteiger partial charge in [-0.05, 0) is 43.0 Å². The Morgan fingerprint density at radius 1 is 0.947 bits per heavy atom. The maximum Gasteiger partial charge on any atom is 0.254 e. The Hall–Kier alpha value is -4.39. The second-order valence-corrected chi connectivity index (χ2v) is 9.44. The van der Waals surface area contributed by atoms with Gasteiger partial charge in [0.1, 0.15) is 5.82 Å². The van der Waals surface area contributed by atoms with Gasteiger partial charge in [0.05, 0.1) is 25.8 Å². The molecule has 1 aliphatic carbocycles. The van der Waals surface area contributed by atoms with Gasteiger partial charge in [-0.25, -0.2) is 4.39 Å². The lowest BCUT2D eigenvalue weighted by Crippen LogP contribution is -2.37. The van der Waals surface area contributed by atoms with Crippen LogP contribution in [-0.2, 0) is 9.59 Å². The molecule has 3 aromatic rings. The number of amides is 1. The normalized spacial score (nSPS) is 19.0. The van der Waals surface area contributed by atoms with E-state index in [-0.39, 0.29) is 17.4 Å². The first kappa shape index (κ1) is 25.3. The fraction of sp³-hybridized carbons (Fsp3) is 0.226. The van der Waals surface area contributed by atoms with Gasteiger partial charge in [0.15, 0.2) is 17.3 Å². The number of para-hydroxylation sites is 2. The van der Waals surface area contributed by atoms with E-state index in [0.717, 1.165) is 11.3 Å². The van der Waals surface area contributed by atoms with E-state index in [9.17, 15) is 14.0 Å². The van der Waals surface area contributed by atoms with Gasteiger partial charge in [-0.15, -0.1) is 0 Å². The summed E-state index contributed by atoms with van der Waals surface area (Å²) in [6.45, 7) is 1.80. The standard InChI is InChI=1S/C31H29FN2O4/c1-18-27(31(36)34-23-14-8-7-13-22(23)32)28(21-12-9-15-26(37-2)30(21)38-3)29-24(33-18)16-20(17-25(29)35)19-10-5-4-6-11-19/h4-15,20,28,33H,16-17H2,1-3H3,(H,34,36)/t20-,28-/m0/s1. The number of anilines is 1. The predicted octanol–water partition coefficient (Wildman–Crippen LogP) is 5.84. The molecule has 7 heteroatoms. The third kappa shape index (κ3) is 4.56. The van der Waals surface area contributed by atoms with E-state index in [2.05, 4.69) is 10.6 Å². The average molecular weight is 513 g/mol. The van der Waals surface area contributed by atoms with Gasteiger partial charge in [0.2, 0.25) is 0 Å². The van der Waals surface area contributed by atoms with E-state index >= 15 is 0 Å². The van der Waals surface area contributed by atoms with Crippen LogP contribution in [0.4, 0.5) is 10.1 Å². The molecule has 1 amide bonds. The fourth-order valence-corrected chi connectivity index (χ4v) is 5.50. The topological polar surface area (TPSA) is 76.7 Å². The number of carbonyl (C=O) groups is 2. The maximum absolute atomic E-state index is 14.4. The molecule has 0 saturated heterocycles. The van der Waals surface area contributed by atoms with Gasteiger partial charge >= 0.3 is 0 Å². The lowest BCUT2D eigenvalue weighted by atomic mass is 9.71. The number of allylic oxidation sites excluding steroid dienone is 3. The Balaban J connectivity index is 1.64. The van der Waals surface area contributed by atoms with Crippen LogP contribution in [-0.4, -0.2) is 25.9 Å². The predicted molar refractivity (Wildman–Crippen MR) is 144 cm³/mol. The Morgan fingerprint density at radius 3 is 2.39 bits per heavy atom. The number of nitrogens with one attached hydrogen (secondary N) is 2. The summed E-state index contributed by atoms with van der Waals surface area (Å²) in [7, 11) is 3.07. The summed E-state index contributed by atoms with van der Waals surface area (Å²) in [5, 5.41) is 6.06. The summed E-state index contributed by atoms with van der Waals surface area (Å²) in [5.74, 6) is -0.876. The van der Waals surface area contributed by atoms with Crippen molar-refractivity contribution in [2.45, 2.75) is 31.6 Å². The zero-order valence-corrected chi connectivity index (χ0v) is 21.5. The molecule has 38 heavy (non-hydrogen) atoms. The smallest absolute Gasteiger partial charge is 0.254 e. The first-order valence-electron chi connectivity index (χ1n) is 12.5. The van der Waals surface area contributed by atoms with Crippen molar-refractivity contribution in [3.05, 3.63) is 112 Å². The number of ether oxygens (including phenoxy) is 2. The van der Waals surface area contributed by atoms with Crippen molar-refractivity contribution in [2.75, 3.05) is 19.5 Å². The van der Waals surface area contributed by atoms with Crippen LogP contribution in [0.3, 0.4) is 0 Å². The summed E-state index contributed by atoms with van der Waals surface area (Å²) in [6, 6.07) is 21.4. The highest BCUT2D eigenvalue weighted by Crippen LogP contribution is 2.49. The number of dihydropyridines is 1. The molecule has 0 spiro atoms. The second kappa shape index (κ2) is 10.5. The van der Waals surface area contributed by atoms with Crippen LogP contribution in [0.2, 0.25) is 0 Å². The van der Waals surface area contributed by atoms with Gasteiger partial charge in [0, 0.05) is 34.5 Å². The average Bonchev–Trinajstić information content (AvgIpc) is 2.93. The number of hydrogen-bond donors (Lipinski definition) is 2. The largest absolute Gasteiger partial charge is 0.493 e. The minimum atomic E-state index is -0.729. The molecule has 3 aromatic carbocycles. The van der Waals surface area contributed by atoms with Gasteiger partial charge in [-0.1, -0.05) is 54.6 Å². The SMILES string of the molecule is COc1cccc([C@H]2C(C(=O)Nc3ccccc3F)=C(C)NC3=C2C(=O)C[C@@H](c2ccccc2)C3)c1OC. The number of ketones is 1. The number of benzene rings is 3. The highest BCUT2D eigenvalue weighted by Gasteiger charge is 2.42. The number of hydrogen-bond acceptors (Lipinski definition) is 5. The lowest BCUT2D eigenvalue weighted by Gasteiger charge is -2.37. The Bertz CT molecular complexity index is 1460. The summed E-state index contributed by atoms with van der Waals surface area (Å²) >= 11 is 0. The highest BCUT2D eigenvalue weighted by atomic mass is 19.1. The number of carbonyl (C=O) groups excluding carboxylic acids is 2. The summed E-state index contributed by atoms with van der Waals surface area (Å²) in [5.41, 5.74) is 4.00. The van der Waals surface area contributed by atoms with E-state index in [1.165, 1.54) is 26.4 Å². The lowest BCUT2D eigenvalue weighted by molar-refractivity contribution is -0.116. The van der Waals surface area contributed by atoms with E-state index in [1.807, 2.05) is 36.4 Å². The van der Waals surface area contributed by atoms with Crippen molar-refractivity contribution < 1.29 is 23.5 Å². The molecule has 5 rings (SSSR count). The third-order valence-electron chi connectivity index (χ3n) is 7.21. The molecule has 2 aliphatic rings. The Morgan fingerprint density at radius 2 is 1.68 bits per heavy atom. The molecule has 0 bridgehead atoms. The molecular weight excluding hydrogens is 483 g/mol. The summed E-state index contributed by atoms with van der Waals surface area (Å²) in [4.78, 5) is 27.6. The van der Waals surface area contributed by atoms with Crippen LogP contribution in [0.5, 0.6) is 11.5 Å². The minimum Gasteiger partial charge on any atom is -0.493 e. The fourth-order valence-electron chi connectivity index (χ4n) is 5.50. The molecule has 6 nitrogen and oxygen atoms in total. The molecule has 2 atom stereocenters. The van der Waals surface area contributed by atoms with E-state index in [1.54, 1.807) is 31.2 Å². The summed E-state index contributed by atoms with van der Waals surface area (Å²) in [6.07, 6.45) is 0.933. The van der Waals surface area contributed by atoms with Crippen LogP contribution in [0.25, 0.3) is 0 Å². The van der Waals surface area contributed by atoms with Crippen LogP contribution >= 0.6 is 0 Å². The maximum atomic E-state index is 14.4. The van der Waals surface area contributed by atoms with E-state index in [0.29, 0.717) is 46.7 Å². The van der Waals surface area contributed by atoms with Gasteiger partial charge in [0.25, 0.3) is 5.91 Å². The molecular formula is C31H29FN2O4. The third-order valence-corrected chi connectivity index (χ3v) is 7.21. The zero-order valence-electron chi connectivity index (χ0n) is 21.5. The van der Waals surface area contributed by atoms with E-state index < -0.39 is 17.6 Å².